The van der Waals surface area contributed by atoms with Gasteiger partial charge in [0.1, 0.15) is 12.1 Å². The van der Waals surface area contributed by atoms with Gasteiger partial charge in [0.2, 0.25) is 5.95 Å². The molecule has 0 bridgehead atoms. The molecule has 9 heteroatoms. The van der Waals surface area contributed by atoms with Crippen LogP contribution in [0, 0.1) is 22.7 Å². The van der Waals surface area contributed by atoms with E-state index in [0.717, 1.165) is 11.8 Å². The number of hydrogen-bond donors (Lipinski definition) is 2. The number of rotatable bonds is 4. The minimum Gasteiger partial charge on any atom is -0.481 e. The highest BCUT2D eigenvalue weighted by atomic mass is 32.2. The van der Waals surface area contributed by atoms with Gasteiger partial charge in [-0.05, 0) is 18.2 Å². The molecular formula is C12H8N6O2S. The Hall–Kier alpha value is -3.04. The summed E-state index contributed by atoms with van der Waals surface area (Å²) in [6.07, 6.45) is 0. The summed E-state index contributed by atoms with van der Waals surface area (Å²) in [7, 11) is 0. The number of nitriles is 2. The van der Waals surface area contributed by atoms with Crippen LogP contribution < -0.4 is 5.73 Å². The van der Waals surface area contributed by atoms with Gasteiger partial charge in [-0.15, -0.1) is 10.2 Å². The van der Waals surface area contributed by atoms with Crippen molar-refractivity contribution in [3.8, 4) is 17.8 Å². The van der Waals surface area contributed by atoms with Crippen molar-refractivity contribution in [3.63, 3.8) is 0 Å². The monoisotopic (exact) mass is 300 g/mol. The van der Waals surface area contributed by atoms with E-state index in [-0.39, 0.29) is 22.8 Å². The quantitative estimate of drug-likeness (QED) is 0.788. The highest BCUT2D eigenvalue weighted by Gasteiger charge is 2.15. The van der Waals surface area contributed by atoms with E-state index in [0.29, 0.717) is 10.8 Å². The summed E-state index contributed by atoms with van der Waals surface area (Å²) in [4.78, 5) is 10.6. The van der Waals surface area contributed by atoms with Gasteiger partial charge in [0, 0.05) is 0 Å². The molecule has 0 aliphatic heterocycles. The number of anilines is 1. The van der Waals surface area contributed by atoms with E-state index in [1.54, 1.807) is 6.07 Å². The lowest BCUT2D eigenvalue weighted by Gasteiger charge is -2.08. The molecule has 0 fully saturated rings. The van der Waals surface area contributed by atoms with Crippen LogP contribution in [0.4, 0.5) is 5.95 Å². The van der Waals surface area contributed by atoms with Gasteiger partial charge < -0.3 is 10.8 Å². The highest BCUT2D eigenvalue weighted by Crippen LogP contribution is 2.24. The maximum absolute atomic E-state index is 10.6. The summed E-state index contributed by atoms with van der Waals surface area (Å²) in [5.41, 5.74) is 6.64. The molecule has 1 aromatic carbocycles. The molecule has 0 saturated heterocycles. The van der Waals surface area contributed by atoms with E-state index in [1.165, 1.54) is 16.7 Å². The summed E-state index contributed by atoms with van der Waals surface area (Å²) in [6, 6.07) is 8.38. The Morgan fingerprint density at radius 3 is 2.67 bits per heavy atom. The standard InChI is InChI=1S/C12H8N6O2S/c13-4-7-1-2-9(3-8(7)5-14)18-11(15)16-17-12(18)21-6-10(19)20/h1-3H,6H2,(H2,15,16)(H,19,20). The smallest absolute Gasteiger partial charge is 0.313 e. The van der Waals surface area contributed by atoms with Gasteiger partial charge in [-0.3, -0.25) is 9.36 Å². The lowest BCUT2D eigenvalue weighted by molar-refractivity contribution is -0.133. The predicted octanol–water partition coefficient (Wildman–Crippen LogP) is 0.770. The molecule has 104 valence electrons. The molecule has 0 unspecified atom stereocenters. The third-order valence-corrected chi connectivity index (χ3v) is 3.40. The lowest BCUT2D eigenvalue weighted by atomic mass is 10.1. The maximum Gasteiger partial charge on any atom is 0.313 e. The molecule has 1 heterocycles. The normalized spacial score (nSPS) is 9.81. The Balaban J connectivity index is 2.47. The fraction of sp³-hybridized carbons (Fsp3) is 0.0833. The van der Waals surface area contributed by atoms with Crippen LogP contribution >= 0.6 is 11.8 Å². The van der Waals surface area contributed by atoms with Gasteiger partial charge in [-0.2, -0.15) is 10.5 Å². The summed E-state index contributed by atoms with van der Waals surface area (Å²) >= 11 is 0.956. The molecule has 1 aromatic heterocycles. The fourth-order valence-corrected chi connectivity index (χ4v) is 2.28. The van der Waals surface area contributed by atoms with Crippen LogP contribution in [-0.2, 0) is 4.79 Å². The number of nitrogen functional groups attached to an aromatic ring is 1. The summed E-state index contributed by atoms with van der Waals surface area (Å²) in [6.45, 7) is 0. The zero-order chi connectivity index (χ0) is 15.4. The predicted molar refractivity (Wildman–Crippen MR) is 73.6 cm³/mol. The second kappa shape index (κ2) is 5.94. The van der Waals surface area contributed by atoms with Gasteiger partial charge >= 0.3 is 5.97 Å². The number of nitrogens with zero attached hydrogens (tertiary/aromatic N) is 5. The van der Waals surface area contributed by atoms with E-state index in [4.69, 9.17) is 21.4 Å². The molecule has 8 nitrogen and oxygen atoms in total. The number of carboxylic acid groups (broad SMARTS) is 1. The van der Waals surface area contributed by atoms with Crippen molar-refractivity contribution >= 4 is 23.7 Å². The molecule has 21 heavy (non-hydrogen) atoms. The van der Waals surface area contributed by atoms with Gasteiger partial charge in [0.25, 0.3) is 0 Å². The molecule has 0 aliphatic rings. The first-order valence-electron chi connectivity index (χ1n) is 5.57. The largest absolute Gasteiger partial charge is 0.481 e. The SMILES string of the molecule is N#Cc1ccc(-n2c(N)nnc2SCC(=O)O)cc1C#N. The fourth-order valence-electron chi connectivity index (χ4n) is 1.61. The molecule has 0 radical (unpaired) electrons. The molecular weight excluding hydrogens is 292 g/mol. The Morgan fingerprint density at radius 2 is 2.05 bits per heavy atom. The molecule has 0 spiro atoms. The van der Waals surface area contributed by atoms with Crippen LogP contribution in [0.3, 0.4) is 0 Å². The third kappa shape index (κ3) is 2.94. The molecule has 0 aliphatic carbocycles. The van der Waals surface area contributed by atoms with Crippen molar-refractivity contribution in [3.05, 3.63) is 29.3 Å². The van der Waals surface area contributed by atoms with Gasteiger partial charge in [0.05, 0.1) is 22.6 Å². The highest BCUT2D eigenvalue weighted by molar-refractivity contribution is 7.99. The average Bonchev–Trinajstić information content (AvgIpc) is 2.85. The first-order chi connectivity index (χ1) is 10.1. The topological polar surface area (TPSA) is 142 Å². The van der Waals surface area contributed by atoms with Crippen LogP contribution in [0.2, 0.25) is 0 Å². The second-order valence-electron chi connectivity index (χ2n) is 3.81. The number of thioether (sulfide) groups is 1. The Bertz CT molecular complexity index is 786. The first-order valence-corrected chi connectivity index (χ1v) is 6.55. The van der Waals surface area contributed by atoms with E-state index >= 15 is 0 Å². The third-order valence-electron chi connectivity index (χ3n) is 2.49. The second-order valence-corrected chi connectivity index (χ2v) is 4.75. The summed E-state index contributed by atoms with van der Waals surface area (Å²) in [5, 5.41) is 34.4. The van der Waals surface area contributed by atoms with Crippen LogP contribution in [0.15, 0.2) is 23.4 Å². The molecule has 3 N–H and O–H groups in total. The number of nitrogens with two attached hydrogens (primary N) is 1. The van der Waals surface area contributed by atoms with Gasteiger partial charge in [-0.25, -0.2) is 0 Å². The van der Waals surface area contributed by atoms with Gasteiger partial charge in [0.15, 0.2) is 5.16 Å². The van der Waals surface area contributed by atoms with Crippen LogP contribution in [0.5, 0.6) is 0 Å². The Labute approximate surface area is 123 Å². The summed E-state index contributed by atoms with van der Waals surface area (Å²) < 4.78 is 1.43. The Kier molecular flexibility index (Phi) is 4.07. The van der Waals surface area contributed by atoms with E-state index < -0.39 is 5.97 Å². The number of hydrogen-bond acceptors (Lipinski definition) is 7. The lowest BCUT2D eigenvalue weighted by Crippen LogP contribution is -2.05. The van der Waals surface area contributed by atoms with Crippen molar-refractivity contribution in [2.24, 2.45) is 0 Å². The molecule has 2 rings (SSSR count). The molecule has 0 atom stereocenters. The van der Waals surface area contributed by atoms with Crippen molar-refractivity contribution < 1.29 is 9.90 Å². The minimum absolute atomic E-state index is 0.0662. The minimum atomic E-state index is -0.995. The molecule has 2 aromatic rings. The van der Waals surface area contributed by atoms with E-state index in [2.05, 4.69) is 10.2 Å². The van der Waals surface area contributed by atoms with Crippen molar-refractivity contribution in [1.82, 2.24) is 14.8 Å². The first kappa shape index (κ1) is 14.4. The Morgan fingerprint density at radius 1 is 1.33 bits per heavy atom. The zero-order valence-electron chi connectivity index (χ0n) is 10.5. The molecule has 0 saturated carbocycles. The number of benzene rings is 1. The van der Waals surface area contributed by atoms with E-state index in [9.17, 15) is 4.79 Å². The van der Waals surface area contributed by atoms with Crippen LogP contribution in [0.1, 0.15) is 11.1 Å². The van der Waals surface area contributed by atoms with Crippen molar-refractivity contribution in [2.75, 3.05) is 11.5 Å². The maximum atomic E-state index is 10.6. The number of carbonyl (C=O) groups is 1. The van der Waals surface area contributed by atoms with Crippen molar-refractivity contribution in [1.29, 1.82) is 10.5 Å². The zero-order valence-corrected chi connectivity index (χ0v) is 11.3. The number of aromatic nitrogens is 3. The number of carboxylic acids is 1. The molecule has 0 amide bonds. The van der Waals surface area contributed by atoms with Crippen LogP contribution in [0.25, 0.3) is 5.69 Å². The van der Waals surface area contributed by atoms with Gasteiger partial charge in [-0.1, -0.05) is 11.8 Å². The number of aliphatic carboxylic acids is 1. The van der Waals surface area contributed by atoms with E-state index in [1.807, 2.05) is 12.1 Å². The van der Waals surface area contributed by atoms with Crippen LogP contribution in [-0.4, -0.2) is 31.6 Å². The average molecular weight is 300 g/mol. The summed E-state index contributed by atoms with van der Waals surface area (Å²) in [5.74, 6) is -1.12. The van der Waals surface area contributed by atoms with Crippen molar-refractivity contribution in [2.45, 2.75) is 5.16 Å².